The molecule has 2 aromatic rings. The lowest BCUT2D eigenvalue weighted by atomic mass is 10.0. The Morgan fingerprint density at radius 2 is 1.85 bits per heavy atom. The molecular weight excluding hydrogens is 571 g/mol. The number of rotatable bonds is 11. The molecular formula is C29H36Cl2N4O4S. The maximum Gasteiger partial charge on any atom is 0.239 e. The minimum Gasteiger partial charge on any atom is -0.379 e. The van der Waals surface area contributed by atoms with E-state index in [4.69, 9.17) is 27.9 Å². The highest BCUT2D eigenvalue weighted by Crippen LogP contribution is 2.46. The summed E-state index contributed by atoms with van der Waals surface area (Å²) in [4.78, 5) is 43.1. The Morgan fingerprint density at radius 1 is 1.07 bits per heavy atom. The second kappa shape index (κ2) is 14.5. The van der Waals surface area contributed by atoms with Gasteiger partial charge in [0.15, 0.2) is 0 Å². The Bertz CT molecular complexity index is 1220. The molecule has 2 saturated heterocycles. The quantitative estimate of drug-likeness (QED) is 0.374. The normalized spacial score (nSPS) is 19.6. The third-order valence-electron chi connectivity index (χ3n) is 7.32. The number of nitrogens with one attached hydrogen (secondary N) is 2. The van der Waals surface area contributed by atoms with Crippen LogP contribution in [0.1, 0.15) is 40.5 Å². The van der Waals surface area contributed by atoms with E-state index in [0.717, 1.165) is 56.0 Å². The van der Waals surface area contributed by atoms with Crippen molar-refractivity contribution in [1.82, 2.24) is 20.4 Å². The van der Waals surface area contributed by atoms with E-state index >= 15 is 0 Å². The zero-order valence-electron chi connectivity index (χ0n) is 22.9. The minimum absolute atomic E-state index is 0.00768. The first-order valence-corrected chi connectivity index (χ1v) is 15.2. The van der Waals surface area contributed by atoms with Crippen molar-refractivity contribution in [3.8, 4) is 0 Å². The van der Waals surface area contributed by atoms with Gasteiger partial charge in [0.05, 0.1) is 18.5 Å². The first-order chi connectivity index (χ1) is 19.2. The van der Waals surface area contributed by atoms with E-state index in [0.29, 0.717) is 28.7 Å². The van der Waals surface area contributed by atoms with Crippen LogP contribution in [-0.4, -0.2) is 78.7 Å². The van der Waals surface area contributed by atoms with Crippen LogP contribution in [0.5, 0.6) is 0 Å². The number of benzene rings is 2. The third-order valence-corrected chi connectivity index (χ3v) is 9.34. The fourth-order valence-electron chi connectivity index (χ4n) is 4.83. The lowest BCUT2D eigenvalue weighted by Crippen LogP contribution is -2.42. The summed E-state index contributed by atoms with van der Waals surface area (Å²) in [5, 5.41) is 5.63. The lowest BCUT2D eigenvalue weighted by Gasteiger charge is -2.26. The van der Waals surface area contributed by atoms with Gasteiger partial charge in [-0.05, 0) is 55.6 Å². The van der Waals surface area contributed by atoms with Crippen LogP contribution < -0.4 is 10.6 Å². The zero-order valence-corrected chi connectivity index (χ0v) is 25.2. The number of hydrogen-bond donors (Lipinski definition) is 2. The van der Waals surface area contributed by atoms with Crippen molar-refractivity contribution < 1.29 is 19.1 Å². The standard InChI is InChI=1S/C29H36Cl2N4O4S/c1-19-5-3-6-21(20(19)2)17-33-26(36)16-25-28(38)35(29(40-25)23-8-7-22(30)15-24(23)31)18-27(37)32-9-4-10-34-11-13-39-14-12-34/h3,5-8,15,25,29H,4,9-14,16-18H2,1-2H3,(H,32,37)(H,33,36)/t25-,29-/m1/s1. The molecule has 3 amide bonds. The summed E-state index contributed by atoms with van der Waals surface area (Å²) in [5.74, 6) is -0.723. The monoisotopic (exact) mass is 606 g/mol. The molecule has 2 atom stereocenters. The van der Waals surface area contributed by atoms with Crippen molar-refractivity contribution in [1.29, 1.82) is 0 Å². The van der Waals surface area contributed by atoms with Crippen LogP contribution >= 0.6 is 35.0 Å². The molecule has 0 saturated carbocycles. The summed E-state index contributed by atoms with van der Waals surface area (Å²) < 4.78 is 5.37. The highest BCUT2D eigenvalue weighted by molar-refractivity contribution is 8.01. The van der Waals surface area contributed by atoms with E-state index in [1.54, 1.807) is 18.2 Å². The molecule has 0 spiro atoms. The highest BCUT2D eigenvalue weighted by Gasteiger charge is 2.43. The summed E-state index contributed by atoms with van der Waals surface area (Å²) in [6.07, 6.45) is 0.817. The van der Waals surface area contributed by atoms with Gasteiger partial charge in [-0.3, -0.25) is 19.3 Å². The molecule has 2 heterocycles. The Hall–Kier alpha value is -2.30. The number of halogens is 2. The Balaban J connectivity index is 1.37. The minimum atomic E-state index is -0.635. The van der Waals surface area contributed by atoms with E-state index in [2.05, 4.69) is 15.5 Å². The van der Waals surface area contributed by atoms with E-state index in [1.807, 2.05) is 32.0 Å². The second-order valence-corrected chi connectivity index (χ2v) is 12.2. The molecule has 4 rings (SSSR count). The average molecular weight is 608 g/mol. The van der Waals surface area contributed by atoms with Crippen LogP contribution in [-0.2, 0) is 25.7 Å². The number of amides is 3. The fourth-order valence-corrected chi connectivity index (χ4v) is 6.90. The van der Waals surface area contributed by atoms with Crippen LogP contribution in [0.4, 0.5) is 0 Å². The van der Waals surface area contributed by atoms with Crippen molar-refractivity contribution in [2.24, 2.45) is 0 Å². The molecule has 0 aromatic heterocycles. The van der Waals surface area contributed by atoms with Gasteiger partial charge >= 0.3 is 0 Å². The Kier molecular flexibility index (Phi) is 11.1. The van der Waals surface area contributed by atoms with Gasteiger partial charge < -0.3 is 20.3 Å². The first-order valence-electron chi connectivity index (χ1n) is 13.5. The van der Waals surface area contributed by atoms with Gasteiger partial charge in [0.1, 0.15) is 11.9 Å². The molecule has 11 heteroatoms. The summed E-state index contributed by atoms with van der Waals surface area (Å²) in [6.45, 7) is 9.00. The van der Waals surface area contributed by atoms with Crippen molar-refractivity contribution in [3.63, 3.8) is 0 Å². The SMILES string of the molecule is Cc1cccc(CNC(=O)C[C@H]2S[C@H](c3ccc(Cl)cc3Cl)N(CC(=O)NCCCN3CCOCC3)C2=O)c1C. The number of ether oxygens (including phenoxy) is 1. The molecule has 0 bridgehead atoms. The molecule has 0 unspecified atom stereocenters. The lowest BCUT2D eigenvalue weighted by molar-refractivity contribution is -0.136. The van der Waals surface area contributed by atoms with Gasteiger partial charge in [-0.25, -0.2) is 0 Å². The van der Waals surface area contributed by atoms with Crippen LogP contribution in [0.2, 0.25) is 10.0 Å². The van der Waals surface area contributed by atoms with Crippen molar-refractivity contribution in [2.75, 3.05) is 45.9 Å². The maximum absolute atomic E-state index is 13.5. The molecule has 2 N–H and O–H groups in total. The first kappa shape index (κ1) is 30.7. The van der Waals surface area contributed by atoms with Gasteiger partial charge in [0, 0.05) is 48.2 Å². The predicted octanol–water partition coefficient (Wildman–Crippen LogP) is 4.10. The van der Waals surface area contributed by atoms with E-state index < -0.39 is 10.6 Å². The summed E-state index contributed by atoms with van der Waals surface area (Å²) in [7, 11) is 0. The molecule has 0 aliphatic carbocycles. The third kappa shape index (κ3) is 8.13. The predicted molar refractivity (Wildman–Crippen MR) is 160 cm³/mol. The fraction of sp³-hybridized carbons (Fsp3) is 0.483. The van der Waals surface area contributed by atoms with Crippen LogP contribution in [0.25, 0.3) is 0 Å². The van der Waals surface area contributed by atoms with Crippen LogP contribution in [0.15, 0.2) is 36.4 Å². The van der Waals surface area contributed by atoms with Gasteiger partial charge in [-0.15, -0.1) is 11.8 Å². The smallest absolute Gasteiger partial charge is 0.239 e. The van der Waals surface area contributed by atoms with Gasteiger partial charge in [0.25, 0.3) is 0 Å². The van der Waals surface area contributed by atoms with E-state index in [1.165, 1.54) is 16.7 Å². The number of morpholine rings is 1. The Labute approximate surface area is 250 Å². The largest absolute Gasteiger partial charge is 0.379 e. The number of thioether (sulfide) groups is 1. The summed E-state index contributed by atoms with van der Waals surface area (Å²) in [6, 6.07) is 11.1. The second-order valence-electron chi connectivity index (χ2n) is 10.1. The van der Waals surface area contributed by atoms with Crippen molar-refractivity contribution in [3.05, 3.63) is 68.7 Å². The van der Waals surface area contributed by atoms with Crippen LogP contribution in [0, 0.1) is 13.8 Å². The molecule has 2 aromatic carbocycles. The van der Waals surface area contributed by atoms with Crippen molar-refractivity contribution in [2.45, 2.75) is 43.9 Å². The van der Waals surface area contributed by atoms with Crippen LogP contribution in [0.3, 0.4) is 0 Å². The average Bonchev–Trinajstić information content (AvgIpc) is 3.22. The summed E-state index contributed by atoms with van der Waals surface area (Å²) in [5.41, 5.74) is 4.01. The molecule has 0 radical (unpaired) electrons. The number of carbonyl (C=O) groups is 3. The van der Waals surface area contributed by atoms with Crippen molar-refractivity contribution >= 4 is 52.7 Å². The number of hydrogen-bond acceptors (Lipinski definition) is 6. The molecule has 216 valence electrons. The van der Waals surface area contributed by atoms with Gasteiger partial charge in [0.2, 0.25) is 17.7 Å². The maximum atomic E-state index is 13.5. The topological polar surface area (TPSA) is 91.0 Å². The molecule has 2 fully saturated rings. The highest BCUT2D eigenvalue weighted by atomic mass is 35.5. The van der Waals surface area contributed by atoms with E-state index in [9.17, 15) is 14.4 Å². The van der Waals surface area contributed by atoms with E-state index in [-0.39, 0.29) is 30.7 Å². The number of aryl methyl sites for hydroxylation is 1. The number of nitrogens with zero attached hydrogens (tertiary/aromatic N) is 2. The van der Waals surface area contributed by atoms with Gasteiger partial charge in [-0.2, -0.15) is 0 Å². The molecule has 2 aliphatic heterocycles. The molecule has 2 aliphatic rings. The van der Waals surface area contributed by atoms with Gasteiger partial charge in [-0.1, -0.05) is 47.5 Å². The molecule has 40 heavy (non-hydrogen) atoms. The summed E-state index contributed by atoms with van der Waals surface area (Å²) >= 11 is 13.9. The molecule has 8 nitrogen and oxygen atoms in total. The Morgan fingerprint density at radius 3 is 2.60 bits per heavy atom. The number of carbonyl (C=O) groups excluding carboxylic acids is 3. The zero-order chi connectivity index (χ0) is 28.6.